The van der Waals surface area contributed by atoms with E-state index in [1.165, 1.54) is 23.5 Å². The van der Waals surface area contributed by atoms with Crippen LogP contribution in [0.15, 0.2) is 41.3 Å². The third kappa shape index (κ3) is 8.00. The van der Waals surface area contributed by atoms with E-state index < -0.39 is 10.0 Å². The molecule has 1 aliphatic rings. The Morgan fingerprint density at radius 3 is 2.18 bits per heavy atom. The Hall–Kier alpha value is -2.53. The van der Waals surface area contributed by atoms with Gasteiger partial charge < -0.3 is 19.7 Å². The van der Waals surface area contributed by atoms with Crippen LogP contribution >= 0.6 is 0 Å². The van der Waals surface area contributed by atoms with Crippen molar-refractivity contribution in [3.8, 4) is 5.75 Å². The Morgan fingerprint density at radius 2 is 1.64 bits per heavy atom. The molecule has 1 saturated carbocycles. The number of amides is 1. The number of rotatable bonds is 12. The highest BCUT2D eigenvalue weighted by Crippen LogP contribution is 2.37. The number of likely N-dealkylation sites (N-methyl/N-ethyl adjacent to an activating group) is 1. The normalized spacial score (nSPS) is 18.8. The maximum atomic E-state index is 13.4. The SMILES string of the molecule is COc1cc(C)c(S(=O)(=O)N(C)CCOCC(=O)NC2CCC(C(c3ccc(F)cc3)N(C)C)CC2)c(C)c1. The number of carbonyl (C=O) groups excluding carboxylic acids is 1. The summed E-state index contributed by atoms with van der Waals surface area (Å²) in [6, 6.07) is 10.4. The first-order valence-corrected chi connectivity index (χ1v) is 14.8. The van der Waals surface area contributed by atoms with E-state index in [-0.39, 0.29) is 48.5 Å². The topological polar surface area (TPSA) is 88.2 Å². The van der Waals surface area contributed by atoms with Gasteiger partial charge in [-0.1, -0.05) is 12.1 Å². The maximum Gasteiger partial charge on any atom is 0.246 e. The average Bonchev–Trinajstić information content (AvgIpc) is 2.88. The molecule has 1 N–H and O–H groups in total. The highest BCUT2D eigenvalue weighted by molar-refractivity contribution is 7.89. The number of hydrogen-bond acceptors (Lipinski definition) is 6. The smallest absolute Gasteiger partial charge is 0.246 e. The molecule has 2 aromatic carbocycles. The number of sulfonamides is 1. The summed E-state index contributed by atoms with van der Waals surface area (Å²) in [5, 5.41) is 3.05. The molecule has 0 aromatic heterocycles. The van der Waals surface area contributed by atoms with Gasteiger partial charge in [0.2, 0.25) is 15.9 Å². The van der Waals surface area contributed by atoms with Crippen LogP contribution in [0, 0.1) is 25.6 Å². The Balaban J connectivity index is 1.43. The van der Waals surface area contributed by atoms with Gasteiger partial charge in [-0.2, -0.15) is 4.31 Å². The second-order valence-corrected chi connectivity index (χ2v) is 12.6. The molecule has 1 atom stereocenters. The van der Waals surface area contributed by atoms with Crippen molar-refractivity contribution in [2.24, 2.45) is 5.92 Å². The highest BCUT2D eigenvalue weighted by Gasteiger charge is 2.31. The lowest BCUT2D eigenvalue weighted by Gasteiger charge is -2.37. The van der Waals surface area contributed by atoms with Crippen molar-refractivity contribution in [2.75, 3.05) is 48.0 Å². The Labute approximate surface area is 232 Å². The lowest BCUT2D eigenvalue weighted by molar-refractivity contribution is -0.126. The second-order valence-electron chi connectivity index (χ2n) is 10.6. The number of hydrogen-bond donors (Lipinski definition) is 1. The highest BCUT2D eigenvalue weighted by atomic mass is 32.2. The molecule has 10 heteroatoms. The van der Waals surface area contributed by atoms with Gasteiger partial charge in [0.1, 0.15) is 18.2 Å². The van der Waals surface area contributed by atoms with E-state index in [0.29, 0.717) is 22.8 Å². The lowest BCUT2D eigenvalue weighted by atomic mass is 9.78. The second kappa shape index (κ2) is 13.7. The van der Waals surface area contributed by atoms with E-state index in [9.17, 15) is 17.6 Å². The third-order valence-corrected chi connectivity index (χ3v) is 9.64. The predicted octanol–water partition coefficient (Wildman–Crippen LogP) is 4.07. The van der Waals surface area contributed by atoms with Gasteiger partial charge in [-0.3, -0.25) is 4.79 Å². The molecule has 1 aliphatic carbocycles. The standard InChI is InChI=1S/C29H42FN3O5S/c1-20-17-26(37-6)18-21(2)29(20)39(35,36)33(5)15-16-38-19-27(34)31-25-13-9-23(10-14-25)28(32(3)4)22-7-11-24(30)12-8-22/h7-8,11-12,17-18,23,25,28H,9-10,13-16,19H2,1-6H3,(H,31,34). The summed E-state index contributed by atoms with van der Waals surface area (Å²) < 4.78 is 51.6. The van der Waals surface area contributed by atoms with Crippen LogP contribution in [0.1, 0.15) is 48.4 Å². The summed E-state index contributed by atoms with van der Waals surface area (Å²) in [6.45, 7) is 3.60. The van der Waals surface area contributed by atoms with Crippen molar-refractivity contribution in [2.45, 2.75) is 56.5 Å². The molecular formula is C29H42FN3O5S. The number of ether oxygens (including phenoxy) is 2. The van der Waals surface area contributed by atoms with Gasteiger partial charge in [-0.05, 0) is 100 Å². The van der Waals surface area contributed by atoms with Crippen molar-refractivity contribution in [3.05, 3.63) is 58.9 Å². The van der Waals surface area contributed by atoms with E-state index in [2.05, 4.69) is 10.2 Å². The first-order valence-electron chi connectivity index (χ1n) is 13.3. The number of carbonyl (C=O) groups is 1. The van der Waals surface area contributed by atoms with E-state index in [1.54, 1.807) is 33.1 Å². The number of nitrogens with one attached hydrogen (secondary N) is 1. The monoisotopic (exact) mass is 563 g/mol. The zero-order valence-corrected chi connectivity index (χ0v) is 24.7. The van der Waals surface area contributed by atoms with Crippen LogP contribution in [0.3, 0.4) is 0 Å². The molecule has 0 radical (unpaired) electrons. The predicted molar refractivity (Wildman–Crippen MR) is 150 cm³/mol. The van der Waals surface area contributed by atoms with Crippen LogP contribution in [0.25, 0.3) is 0 Å². The zero-order chi connectivity index (χ0) is 28.7. The first-order chi connectivity index (χ1) is 18.4. The van der Waals surface area contributed by atoms with Gasteiger partial charge in [-0.15, -0.1) is 0 Å². The maximum absolute atomic E-state index is 13.4. The Bertz CT molecular complexity index is 1190. The van der Waals surface area contributed by atoms with Gasteiger partial charge in [0.05, 0.1) is 18.6 Å². The summed E-state index contributed by atoms with van der Waals surface area (Å²) in [4.78, 5) is 14.9. The Kier molecular flexibility index (Phi) is 10.9. The summed E-state index contributed by atoms with van der Waals surface area (Å²) in [7, 11) is 3.42. The molecule has 216 valence electrons. The van der Waals surface area contributed by atoms with Gasteiger partial charge in [0.15, 0.2) is 0 Å². The fourth-order valence-corrected chi connectivity index (χ4v) is 7.13. The molecule has 0 spiro atoms. The molecule has 0 heterocycles. The van der Waals surface area contributed by atoms with Crippen molar-refractivity contribution in [3.63, 3.8) is 0 Å². The number of nitrogens with zero attached hydrogens (tertiary/aromatic N) is 2. The fraction of sp³-hybridized carbons (Fsp3) is 0.552. The van der Waals surface area contributed by atoms with Crippen molar-refractivity contribution < 1.29 is 27.1 Å². The first kappa shape index (κ1) is 31.0. The molecule has 0 aliphatic heterocycles. The van der Waals surface area contributed by atoms with Crippen LogP contribution in [-0.4, -0.2) is 77.6 Å². The minimum Gasteiger partial charge on any atom is -0.497 e. The van der Waals surface area contributed by atoms with Gasteiger partial charge in [0, 0.05) is 25.7 Å². The molecule has 1 fully saturated rings. The molecular weight excluding hydrogens is 521 g/mol. The van der Waals surface area contributed by atoms with E-state index >= 15 is 0 Å². The zero-order valence-electron chi connectivity index (χ0n) is 23.9. The number of methoxy groups -OCH3 is 1. The number of benzene rings is 2. The quantitative estimate of drug-likeness (QED) is 0.392. The van der Waals surface area contributed by atoms with Crippen LogP contribution in [0.5, 0.6) is 5.75 Å². The fourth-order valence-electron chi connectivity index (χ4n) is 5.57. The minimum atomic E-state index is -3.71. The average molecular weight is 564 g/mol. The summed E-state index contributed by atoms with van der Waals surface area (Å²) in [5.41, 5.74) is 2.33. The molecule has 8 nitrogen and oxygen atoms in total. The van der Waals surface area contributed by atoms with E-state index in [1.807, 2.05) is 26.2 Å². The molecule has 0 bridgehead atoms. The molecule has 1 amide bonds. The number of aryl methyl sites for hydroxylation is 2. The van der Waals surface area contributed by atoms with E-state index in [0.717, 1.165) is 31.2 Å². The summed E-state index contributed by atoms with van der Waals surface area (Å²) >= 11 is 0. The Morgan fingerprint density at radius 1 is 1.05 bits per heavy atom. The minimum absolute atomic E-state index is 0.0810. The molecule has 3 rings (SSSR count). The van der Waals surface area contributed by atoms with Crippen LogP contribution in [-0.2, 0) is 19.6 Å². The van der Waals surface area contributed by atoms with Crippen molar-refractivity contribution in [1.29, 1.82) is 0 Å². The largest absolute Gasteiger partial charge is 0.497 e. The molecule has 1 unspecified atom stereocenters. The molecule has 0 saturated heterocycles. The van der Waals surface area contributed by atoms with Crippen LogP contribution in [0.4, 0.5) is 4.39 Å². The van der Waals surface area contributed by atoms with Crippen LogP contribution < -0.4 is 10.1 Å². The van der Waals surface area contributed by atoms with Crippen molar-refractivity contribution in [1.82, 2.24) is 14.5 Å². The summed E-state index contributed by atoms with van der Waals surface area (Å²) in [5.74, 6) is 0.597. The van der Waals surface area contributed by atoms with Crippen LogP contribution in [0.2, 0.25) is 0 Å². The van der Waals surface area contributed by atoms with Gasteiger partial charge >= 0.3 is 0 Å². The number of halogens is 1. The van der Waals surface area contributed by atoms with E-state index in [4.69, 9.17) is 9.47 Å². The summed E-state index contributed by atoms with van der Waals surface area (Å²) in [6.07, 6.45) is 3.64. The van der Waals surface area contributed by atoms with Gasteiger partial charge in [0.25, 0.3) is 0 Å². The molecule has 39 heavy (non-hydrogen) atoms. The third-order valence-electron chi connectivity index (χ3n) is 7.47. The lowest BCUT2D eigenvalue weighted by Crippen LogP contribution is -2.41. The van der Waals surface area contributed by atoms with Crippen molar-refractivity contribution >= 4 is 15.9 Å². The van der Waals surface area contributed by atoms with Gasteiger partial charge in [-0.25, -0.2) is 12.8 Å². The molecule has 2 aromatic rings.